The third-order valence-electron chi connectivity index (χ3n) is 4.32. The Bertz CT molecular complexity index is 300. The van der Waals surface area contributed by atoms with Crippen LogP contribution in [0.5, 0.6) is 0 Å². The smallest absolute Gasteiger partial charge is 0.381 e. The highest BCUT2D eigenvalue weighted by Gasteiger charge is 2.36. The van der Waals surface area contributed by atoms with Crippen molar-refractivity contribution >= 4 is 12.6 Å². The van der Waals surface area contributed by atoms with Crippen molar-refractivity contribution in [1.82, 2.24) is 9.80 Å². The van der Waals surface area contributed by atoms with E-state index in [1.54, 1.807) is 0 Å². The fraction of sp³-hybridized carbons (Fsp3) is 1.00. The fourth-order valence-corrected chi connectivity index (χ4v) is 3.42. The van der Waals surface area contributed by atoms with Crippen molar-refractivity contribution in [1.29, 1.82) is 0 Å². The number of hydrogen-bond acceptors (Lipinski definition) is 4. The van der Waals surface area contributed by atoms with Gasteiger partial charge in [-0.2, -0.15) is 25.8 Å². The minimum absolute atomic E-state index is 0.174. The van der Waals surface area contributed by atoms with Crippen LogP contribution in [0.3, 0.4) is 0 Å². The first-order valence-corrected chi connectivity index (χ1v) is 7.76. The van der Waals surface area contributed by atoms with Gasteiger partial charge in [0.2, 0.25) is 0 Å². The van der Waals surface area contributed by atoms with Crippen LogP contribution in [0, 0.1) is 5.41 Å². The van der Waals surface area contributed by atoms with Gasteiger partial charge in [0.1, 0.15) is 0 Å². The number of hydrogen-bond donors (Lipinski definition) is 1. The minimum Gasteiger partial charge on any atom is -0.381 e. The average molecular weight is 312 g/mol. The lowest BCUT2D eigenvalue weighted by molar-refractivity contribution is -0.149. The molecule has 2 fully saturated rings. The monoisotopic (exact) mass is 312 g/mol. The summed E-state index contributed by atoms with van der Waals surface area (Å²) in [5, 5.41) is 0. The Hall–Kier alpha value is 0.0200. The zero-order valence-corrected chi connectivity index (χ0v) is 12.6. The molecular formula is C13H23F3N2OS. The molecule has 0 aliphatic carbocycles. The van der Waals surface area contributed by atoms with E-state index in [9.17, 15) is 13.2 Å². The summed E-state index contributed by atoms with van der Waals surface area (Å²) in [4.78, 5) is 3.78. The van der Waals surface area contributed by atoms with Gasteiger partial charge in [-0.05, 0) is 24.0 Å². The van der Waals surface area contributed by atoms with Crippen molar-refractivity contribution in [3.63, 3.8) is 0 Å². The van der Waals surface area contributed by atoms with Gasteiger partial charge in [0, 0.05) is 45.9 Å². The number of nitrogens with zero attached hydrogens (tertiary/aromatic N) is 2. The lowest BCUT2D eigenvalue weighted by Crippen LogP contribution is -2.52. The first-order valence-electron chi connectivity index (χ1n) is 7.13. The second-order valence-electron chi connectivity index (χ2n) is 5.94. The number of halogens is 3. The van der Waals surface area contributed by atoms with E-state index in [-0.39, 0.29) is 5.41 Å². The van der Waals surface area contributed by atoms with Gasteiger partial charge in [-0.15, -0.1) is 0 Å². The first kappa shape index (κ1) is 16.4. The number of ether oxygens (including phenoxy) is 1. The molecule has 0 amide bonds. The van der Waals surface area contributed by atoms with Crippen LogP contribution in [0.4, 0.5) is 13.2 Å². The molecule has 0 bridgehead atoms. The van der Waals surface area contributed by atoms with Crippen LogP contribution in [-0.2, 0) is 4.74 Å². The summed E-state index contributed by atoms with van der Waals surface area (Å²) < 4.78 is 42.4. The van der Waals surface area contributed by atoms with Crippen LogP contribution in [0.25, 0.3) is 0 Å². The van der Waals surface area contributed by atoms with Crippen LogP contribution >= 0.6 is 12.6 Å². The van der Waals surface area contributed by atoms with Gasteiger partial charge in [0.05, 0.1) is 6.54 Å². The van der Waals surface area contributed by atoms with E-state index in [2.05, 4.69) is 17.5 Å². The quantitative estimate of drug-likeness (QED) is 0.799. The maximum Gasteiger partial charge on any atom is 0.401 e. The zero-order valence-electron chi connectivity index (χ0n) is 11.7. The minimum atomic E-state index is -4.09. The summed E-state index contributed by atoms with van der Waals surface area (Å²) in [7, 11) is 0. The van der Waals surface area contributed by atoms with E-state index in [0.29, 0.717) is 26.2 Å². The number of piperazine rings is 1. The molecule has 7 heteroatoms. The summed E-state index contributed by atoms with van der Waals surface area (Å²) in [5.74, 6) is 0.819. The SMILES string of the molecule is FC(F)(F)CN1CCN(CC2(CS)CCOCC2)CC1. The molecule has 2 saturated heterocycles. The maximum absolute atomic E-state index is 12.3. The number of thiol groups is 1. The summed E-state index contributed by atoms with van der Waals surface area (Å²) >= 11 is 4.48. The molecule has 20 heavy (non-hydrogen) atoms. The molecular weight excluding hydrogens is 289 g/mol. The second kappa shape index (κ2) is 6.85. The van der Waals surface area contributed by atoms with Crippen molar-refractivity contribution in [2.24, 2.45) is 5.41 Å². The molecule has 0 atom stereocenters. The van der Waals surface area contributed by atoms with Gasteiger partial charge < -0.3 is 9.64 Å². The van der Waals surface area contributed by atoms with Crippen LogP contribution in [0.1, 0.15) is 12.8 Å². The molecule has 0 aromatic heterocycles. The molecule has 0 unspecified atom stereocenters. The van der Waals surface area contributed by atoms with Crippen LogP contribution < -0.4 is 0 Å². The van der Waals surface area contributed by atoms with Crippen molar-refractivity contribution in [3.05, 3.63) is 0 Å². The Kier molecular flexibility index (Phi) is 5.62. The molecule has 0 spiro atoms. The standard InChI is InChI=1S/C13H23F3N2OS/c14-13(15,16)10-18-5-3-17(4-6-18)9-12(11-20)1-7-19-8-2-12/h20H,1-11H2. The van der Waals surface area contributed by atoms with Crippen LogP contribution in [0.15, 0.2) is 0 Å². The fourth-order valence-electron chi connectivity index (χ4n) is 3.00. The van der Waals surface area contributed by atoms with Gasteiger partial charge in [-0.25, -0.2) is 0 Å². The molecule has 2 aliphatic rings. The molecule has 2 aliphatic heterocycles. The van der Waals surface area contributed by atoms with E-state index in [1.165, 1.54) is 4.90 Å². The van der Waals surface area contributed by atoms with Gasteiger partial charge in [0.25, 0.3) is 0 Å². The largest absolute Gasteiger partial charge is 0.401 e. The summed E-state index contributed by atoms with van der Waals surface area (Å²) in [6, 6.07) is 0. The predicted molar refractivity (Wildman–Crippen MR) is 75.3 cm³/mol. The van der Waals surface area contributed by atoms with Gasteiger partial charge in [0.15, 0.2) is 0 Å². The van der Waals surface area contributed by atoms with Crippen LogP contribution in [-0.4, -0.2) is 74.2 Å². The molecule has 2 heterocycles. The lowest BCUT2D eigenvalue weighted by atomic mass is 9.81. The van der Waals surface area contributed by atoms with Crippen LogP contribution in [0.2, 0.25) is 0 Å². The highest BCUT2D eigenvalue weighted by molar-refractivity contribution is 7.80. The number of rotatable bonds is 4. The highest BCUT2D eigenvalue weighted by Crippen LogP contribution is 2.33. The average Bonchev–Trinajstić information content (AvgIpc) is 2.40. The molecule has 0 N–H and O–H groups in total. The highest BCUT2D eigenvalue weighted by atomic mass is 32.1. The van der Waals surface area contributed by atoms with Gasteiger partial charge >= 0.3 is 6.18 Å². The Morgan fingerprint density at radius 2 is 1.55 bits per heavy atom. The molecule has 3 nitrogen and oxygen atoms in total. The molecule has 0 aromatic rings. The molecule has 0 radical (unpaired) electrons. The summed E-state index contributed by atoms with van der Waals surface area (Å²) in [5.41, 5.74) is 0.174. The second-order valence-corrected chi connectivity index (χ2v) is 6.25. The molecule has 0 aromatic carbocycles. The Balaban J connectivity index is 1.78. The van der Waals surface area contributed by atoms with E-state index < -0.39 is 12.7 Å². The normalized spacial score (nSPS) is 25.8. The molecule has 0 saturated carbocycles. The van der Waals surface area contributed by atoms with E-state index in [0.717, 1.165) is 38.4 Å². The predicted octanol–water partition coefficient (Wildman–Crippen LogP) is 1.89. The van der Waals surface area contributed by atoms with Crippen molar-refractivity contribution < 1.29 is 17.9 Å². The third kappa shape index (κ3) is 4.79. The summed E-state index contributed by atoms with van der Waals surface area (Å²) in [6.07, 6.45) is -2.09. The Labute approximate surface area is 123 Å². The Morgan fingerprint density at radius 1 is 1.00 bits per heavy atom. The van der Waals surface area contributed by atoms with E-state index in [1.807, 2.05) is 0 Å². The summed E-state index contributed by atoms with van der Waals surface area (Å²) in [6.45, 7) is 4.12. The van der Waals surface area contributed by atoms with Gasteiger partial charge in [-0.3, -0.25) is 4.90 Å². The van der Waals surface area contributed by atoms with Crippen molar-refractivity contribution in [3.8, 4) is 0 Å². The van der Waals surface area contributed by atoms with Crippen molar-refractivity contribution in [2.75, 3.05) is 58.2 Å². The first-order chi connectivity index (χ1) is 9.42. The topological polar surface area (TPSA) is 15.7 Å². The molecule has 2 rings (SSSR count). The number of alkyl halides is 3. The maximum atomic E-state index is 12.3. The lowest BCUT2D eigenvalue weighted by Gasteiger charge is -2.43. The van der Waals surface area contributed by atoms with Gasteiger partial charge in [-0.1, -0.05) is 0 Å². The third-order valence-corrected chi connectivity index (χ3v) is 4.99. The van der Waals surface area contributed by atoms with E-state index in [4.69, 9.17) is 4.74 Å². The van der Waals surface area contributed by atoms with E-state index >= 15 is 0 Å². The zero-order chi connectivity index (χ0) is 14.6. The Morgan fingerprint density at radius 3 is 2.05 bits per heavy atom. The van der Waals surface area contributed by atoms with Crippen molar-refractivity contribution in [2.45, 2.75) is 19.0 Å². The molecule has 118 valence electrons.